The molecule has 0 spiro atoms. The molecule has 0 fully saturated rings. The molecule has 21 heavy (non-hydrogen) atoms. The Morgan fingerprint density at radius 3 is 2.86 bits per heavy atom. The Labute approximate surface area is 128 Å². The molecule has 1 aromatic rings. The Bertz CT molecular complexity index is 590. The van der Waals surface area contributed by atoms with E-state index in [1.54, 1.807) is 24.3 Å². The summed E-state index contributed by atoms with van der Waals surface area (Å²) in [6.45, 7) is 3.31. The summed E-state index contributed by atoms with van der Waals surface area (Å²) in [5, 5.41) is 8.73. The number of esters is 1. The summed E-state index contributed by atoms with van der Waals surface area (Å²) < 4.78 is 15.2. The van der Waals surface area contributed by atoms with Crippen LogP contribution in [0.5, 0.6) is 11.5 Å². The quantitative estimate of drug-likeness (QED) is 0.572. The summed E-state index contributed by atoms with van der Waals surface area (Å²) in [7, 11) is 1.49. The summed E-state index contributed by atoms with van der Waals surface area (Å²) in [4.78, 5) is 11.4. The van der Waals surface area contributed by atoms with Crippen LogP contribution >= 0.6 is 11.6 Å². The van der Waals surface area contributed by atoms with Gasteiger partial charge in [0, 0.05) is 11.1 Å². The number of nitrogens with zero attached hydrogens (tertiary/aromatic N) is 1. The van der Waals surface area contributed by atoms with Crippen molar-refractivity contribution in [3.05, 3.63) is 41.4 Å². The molecule has 0 bridgehead atoms. The van der Waals surface area contributed by atoms with Crippen molar-refractivity contribution in [2.75, 3.05) is 20.3 Å². The molecule has 0 N–H and O–H groups in total. The number of nitriles is 1. The number of hydrogen-bond acceptors (Lipinski definition) is 5. The van der Waals surface area contributed by atoms with E-state index in [9.17, 15) is 4.79 Å². The van der Waals surface area contributed by atoms with Gasteiger partial charge >= 0.3 is 5.97 Å². The van der Waals surface area contributed by atoms with Crippen LogP contribution < -0.4 is 9.47 Å². The Kier molecular flexibility index (Phi) is 6.85. The van der Waals surface area contributed by atoms with E-state index in [0.29, 0.717) is 11.5 Å². The van der Waals surface area contributed by atoms with Crippen molar-refractivity contribution in [2.45, 2.75) is 0 Å². The number of benzene rings is 1. The van der Waals surface area contributed by atoms with Crippen molar-refractivity contribution in [2.24, 2.45) is 0 Å². The fourth-order valence-corrected chi connectivity index (χ4v) is 1.43. The first-order chi connectivity index (χ1) is 10.1. The van der Waals surface area contributed by atoms with Crippen LogP contribution in [0.25, 0.3) is 6.08 Å². The van der Waals surface area contributed by atoms with Gasteiger partial charge in [-0.15, -0.1) is 0 Å². The van der Waals surface area contributed by atoms with Gasteiger partial charge in [-0.25, -0.2) is 4.79 Å². The molecule has 5 nitrogen and oxygen atoms in total. The van der Waals surface area contributed by atoms with Gasteiger partial charge in [0.25, 0.3) is 0 Å². The van der Waals surface area contributed by atoms with E-state index in [4.69, 9.17) is 31.1 Å². The zero-order valence-corrected chi connectivity index (χ0v) is 12.2. The van der Waals surface area contributed by atoms with Crippen molar-refractivity contribution < 1.29 is 19.0 Å². The van der Waals surface area contributed by atoms with Gasteiger partial charge in [0.2, 0.25) is 0 Å². The molecule has 0 aliphatic carbocycles. The van der Waals surface area contributed by atoms with E-state index in [1.807, 2.05) is 6.07 Å². The SMILES string of the molecule is C=C(Cl)COC(=O)/C=C/c1ccc(OCC#N)c(OC)c1. The van der Waals surface area contributed by atoms with Crippen LogP contribution in [0.1, 0.15) is 5.56 Å². The lowest BCUT2D eigenvalue weighted by Gasteiger charge is -2.08. The molecule has 0 heterocycles. The van der Waals surface area contributed by atoms with Gasteiger partial charge in [0.05, 0.1) is 7.11 Å². The highest BCUT2D eigenvalue weighted by atomic mass is 35.5. The fraction of sp³-hybridized carbons (Fsp3) is 0.200. The molecule has 0 amide bonds. The predicted octanol–water partition coefficient (Wildman–Crippen LogP) is 2.91. The molecule has 110 valence electrons. The van der Waals surface area contributed by atoms with E-state index in [0.717, 1.165) is 5.56 Å². The molecule has 1 aromatic carbocycles. The molecular formula is C15H14ClNO4. The molecule has 0 aliphatic rings. The highest BCUT2D eigenvalue weighted by molar-refractivity contribution is 6.29. The smallest absolute Gasteiger partial charge is 0.331 e. The molecule has 0 radical (unpaired) electrons. The molecule has 6 heteroatoms. The van der Waals surface area contributed by atoms with E-state index in [-0.39, 0.29) is 18.2 Å². The molecule has 1 rings (SSSR count). The Morgan fingerprint density at radius 2 is 2.24 bits per heavy atom. The van der Waals surface area contributed by atoms with E-state index in [2.05, 4.69) is 6.58 Å². The summed E-state index contributed by atoms with van der Waals surface area (Å²) in [6, 6.07) is 6.93. The van der Waals surface area contributed by atoms with Gasteiger partial charge in [-0.1, -0.05) is 24.2 Å². The van der Waals surface area contributed by atoms with Crippen molar-refractivity contribution in [3.8, 4) is 17.6 Å². The van der Waals surface area contributed by atoms with Crippen molar-refractivity contribution >= 4 is 23.6 Å². The van der Waals surface area contributed by atoms with Crippen LogP contribution in [0.4, 0.5) is 0 Å². The molecule has 0 saturated carbocycles. The summed E-state index contributed by atoms with van der Waals surface area (Å²) >= 11 is 5.49. The minimum atomic E-state index is -0.527. The van der Waals surface area contributed by atoms with Crippen LogP contribution in [0.15, 0.2) is 35.9 Å². The first-order valence-electron chi connectivity index (χ1n) is 5.92. The second-order valence-corrected chi connectivity index (χ2v) is 4.35. The third kappa shape index (κ3) is 6.02. The number of rotatable bonds is 7. The van der Waals surface area contributed by atoms with Crippen LogP contribution in [-0.2, 0) is 9.53 Å². The first-order valence-corrected chi connectivity index (χ1v) is 6.30. The third-order valence-corrected chi connectivity index (χ3v) is 2.37. The molecule has 0 atom stereocenters. The van der Waals surface area contributed by atoms with Gasteiger partial charge < -0.3 is 14.2 Å². The molecule has 0 unspecified atom stereocenters. The van der Waals surface area contributed by atoms with E-state index < -0.39 is 5.97 Å². The lowest BCUT2D eigenvalue weighted by atomic mass is 10.2. The van der Waals surface area contributed by atoms with Gasteiger partial charge in [0.15, 0.2) is 18.1 Å². The van der Waals surface area contributed by atoms with Gasteiger partial charge in [-0.05, 0) is 23.8 Å². The molecule has 0 aromatic heterocycles. The lowest BCUT2D eigenvalue weighted by Crippen LogP contribution is -2.01. The standard InChI is InChI=1S/C15H14ClNO4/c1-11(16)10-21-15(18)6-4-12-3-5-13(20-8-7-17)14(9-12)19-2/h3-6,9H,1,8,10H2,2H3/b6-4+. The third-order valence-electron chi connectivity index (χ3n) is 2.26. The van der Waals surface area contributed by atoms with Crippen molar-refractivity contribution in [3.63, 3.8) is 0 Å². The summed E-state index contributed by atoms with van der Waals surface area (Å²) in [5.41, 5.74) is 0.720. The fourth-order valence-electron chi connectivity index (χ4n) is 1.38. The van der Waals surface area contributed by atoms with Crippen LogP contribution in [0.3, 0.4) is 0 Å². The number of ether oxygens (including phenoxy) is 3. The molecule has 0 saturated heterocycles. The number of halogens is 1. The number of carbonyl (C=O) groups excluding carboxylic acids is 1. The Hall–Kier alpha value is -2.45. The number of hydrogen-bond donors (Lipinski definition) is 0. The number of carbonyl (C=O) groups is 1. The van der Waals surface area contributed by atoms with Crippen molar-refractivity contribution in [1.82, 2.24) is 0 Å². The zero-order chi connectivity index (χ0) is 15.7. The van der Waals surface area contributed by atoms with Crippen LogP contribution in [0, 0.1) is 11.3 Å². The van der Waals surface area contributed by atoms with Crippen LogP contribution in [-0.4, -0.2) is 26.3 Å². The zero-order valence-electron chi connectivity index (χ0n) is 11.5. The Balaban J connectivity index is 2.73. The average Bonchev–Trinajstić information content (AvgIpc) is 2.49. The normalized spacial score (nSPS) is 9.95. The first kappa shape index (κ1) is 16.6. The minimum absolute atomic E-state index is 0.0328. The average molecular weight is 308 g/mol. The van der Waals surface area contributed by atoms with E-state index >= 15 is 0 Å². The highest BCUT2D eigenvalue weighted by Crippen LogP contribution is 2.28. The highest BCUT2D eigenvalue weighted by Gasteiger charge is 2.05. The monoisotopic (exact) mass is 307 g/mol. The maximum atomic E-state index is 11.4. The largest absolute Gasteiger partial charge is 0.493 e. The number of methoxy groups -OCH3 is 1. The van der Waals surface area contributed by atoms with Gasteiger partial charge in [0.1, 0.15) is 12.7 Å². The summed E-state index contributed by atoms with van der Waals surface area (Å²) in [5.74, 6) is 0.396. The topological polar surface area (TPSA) is 68.5 Å². The van der Waals surface area contributed by atoms with Gasteiger partial charge in [-0.2, -0.15) is 5.26 Å². The molecule has 0 aliphatic heterocycles. The van der Waals surface area contributed by atoms with Crippen LogP contribution in [0.2, 0.25) is 0 Å². The maximum absolute atomic E-state index is 11.4. The van der Waals surface area contributed by atoms with E-state index in [1.165, 1.54) is 13.2 Å². The second-order valence-electron chi connectivity index (χ2n) is 3.82. The lowest BCUT2D eigenvalue weighted by molar-refractivity contribution is -0.136. The molecular weight excluding hydrogens is 294 g/mol. The summed E-state index contributed by atoms with van der Waals surface area (Å²) in [6.07, 6.45) is 2.83. The van der Waals surface area contributed by atoms with Crippen molar-refractivity contribution in [1.29, 1.82) is 5.26 Å². The predicted molar refractivity (Wildman–Crippen MR) is 79.1 cm³/mol. The van der Waals surface area contributed by atoms with Gasteiger partial charge in [-0.3, -0.25) is 0 Å². The minimum Gasteiger partial charge on any atom is -0.493 e. The Morgan fingerprint density at radius 1 is 1.48 bits per heavy atom. The maximum Gasteiger partial charge on any atom is 0.331 e. The second kappa shape index (κ2) is 8.67.